The number of rotatable bonds is 2. The van der Waals surface area contributed by atoms with E-state index < -0.39 is 23.8 Å². The van der Waals surface area contributed by atoms with E-state index in [9.17, 15) is 18.8 Å². The maximum absolute atomic E-state index is 13.3. The smallest absolute Gasteiger partial charge is 0.334 e. The van der Waals surface area contributed by atoms with Crippen molar-refractivity contribution in [2.75, 3.05) is 25.0 Å². The van der Waals surface area contributed by atoms with E-state index in [1.54, 1.807) is 0 Å². The van der Waals surface area contributed by atoms with E-state index in [0.29, 0.717) is 5.56 Å². The molecule has 2 heterocycles. The quantitative estimate of drug-likeness (QED) is 0.829. The van der Waals surface area contributed by atoms with Crippen molar-refractivity contribution in [1.82, 2.24) is 4.90 Å². The zero-order valence-corrected chi connectivity index (χ0v) is 12.1. The van der Waals surface area contributed by atoms with Crippen LogP contribution in [0.1, 0.15) is 17.9 Å². The number of nitrogens with one attached hydrogen (secondary N) is 1. The summed E-state index contributed by atoms with van der Waals surface area (Å²) in [6.45, 7) is 0.317. The van der Waals surface area contributed by atoms with Crippen LogP contribution in [0.3, 0.4) is 0 Å². The van der Waals surface area contributed by atoms with Gasteiger partial charge in [-0.05, 0) is 17.7 Å². The van der Waals surface area contributed by atoms with Crippen molar-refractivity contribution in [3.63, 3.8) is 0 Å². The Kier molecular flexibility index (Phi) is 3.99. The highest BCUT2D eigenvalue weighted by Crippen LogP contribution is 2.34. The number of carbonyl (C=O) groups is 3. The molecule has 122 valence electrons. The molecule has 7 nitrogen and oxygen atoms in total. The molecule has 2 atom stereocenters. The summed E-state index contributed by atoms with van der Waals surface area (Å²) in [5.41, 5.74) is 0.817. The number of halogens is 1. The predicted octanol–water partition coefficient (Wildman–Crippen LogP) is 0.564. The first-order valence-electron chi connectivity index (χ1n) is 7.18. The van der Waals surface area contributed by atoms with Gasteiger partial charge in [0.05, 0.1) is 19.1 Å². The van der Waals surface area contributed by atoms with Gasteiger partial charge in [0.2, 0.25) is 11.8 Å². The Morgan fingerprint density at radius 3 is 2.91 bits per heavy atom. The molecular weight excluding hydrogens is 307 g/mol. The lowest BCUT2D eigenvalue weighted by molar-refractivity contribution is -0.160. The predicted molar refractivity (Wildman–Crippen MR) is 76.3 cm³/mol. The summed E-state index contributed by atoms with van der Waals surface area (Å²) in [5.74, 6) is -3.10. The number of benzene rings is 1. The van der Waals surface area contributed by atoms with Crippen LogP contribution < -0.4 is 5.32 Å². The third-order valence-corrected chi connectivity index (χ3v) is 4.01. The summed E-state index contributed by atoms with van der Waals surface area (Å²) in [6, 6.07) is 3.88. The zero-order valence-electron chi connectivity index (χ0n) is 12.1. The molecular formula is C15H15FN2O5. The molecule has 1 fully saturated rings. The number of amides is 2. The highest BCUT2D eigenvalue weighted by molar-refractivity contribution is 6.01. The van der Waals surface area contributed by atoms with E-state index >= 15 is 0 Å². The first-order valence-corrected chi connectivity index (χ1v) is 7.18. The second-order valence-corrected chi connectivity index (χ2v) is 5.52. The summed E-state index contributed by atoms with van der Waals surface area (Å²) in [6.07, 6.45) is -1.12. The minimum absolute atomic E-state index is 0.0490. The van der Waals surface area contributed by atoms with E-state index in [-0.39, 0.29) is 43.6 Å². The topological polar surface area (TPSA) is 95.9 Å². The average Bonchev–Trinajstić information content (AvgIpc) is 2.53. The second kappa shape index (κ2) is 5.96. The van der Waals surface area contributed by atoms with E-state index in [4.69, 9.17) is 9.84 Å². The van der Waals surface area contributed by atoms with Gasteiger partial charge in [-0.2, -0.15) is 0 Å². The van der Waals surface area contributed by atoms with Crippen molar-refractivity contribution in [1.29, 1.82) is 0 Å². The summed E-state index contributed by atoms with van der Waals surface area (Å²) in [7, 11) is 0. The average molecular weight is 322 g/mol. The molecule has 0 spiro atoms. The molecule has 0 radical (unpaired) electrons. The summed E-state index contributed by atoms with van der Waals surface area (Å²) in [5, 5.41) is 11.6. The van der Waals surface area contributed by atoms with Gasteiger partial charge in [-0.25, -0.2) is 9.18 Å². The summed E-state index contributed by atoms with van der Waals surface area (Å²) < 4.78 is 18.4. The molecule has 2 aliphatic rings. The van der Waals surface area contributed by atoms with Gasteiger partial charge in [-0.1, -0.05) is 6.07 Å². The lowest BCUT2D eigenvalue weighted by Gasteiger charge is -2.35. The van der Waals surface area contributed by atoms with Gasteiger partial charge in [0, 0.05) is 18.7 Å². The monoisotopic (exact) mass is 322 g/mol. The molecule has 2 aliphatic heterocycles. The zero-order chi connectivity index (χ0) is 16.6. The standard InChI is InChI=1S/C15H15FN2O5/c16-8-1-2-9-10(6-13(19)17-11(9)5-8)14(20)18-3-4-23-12(7-18)15(21)22/h1-2,5,10,12H,3-4,6-7H2,(H,17,19)(H,21,22). The van der Waals surface area contributed by atoms with Crippen LogP contribution >= 0.6 is 0 Å². The van der Waals surface area contributed by atoms with Crippen LogP contribution in [-0.2, 0) is 19.1 Å². The molecule has 0 saturated carbocycles. The highest BCUT2D eigenvalue weighted by Gasteiger charge is 2.37. The van der Waals surface area contributed by atoms with Crippen LogP contribution in [-0.4, -0.2) is 53.6 Å². The molecule has 2 amide bonds. The number of fused-ring (bicyclic) bond motifs is 1. The minimum atomic E-state index is -1.13. The Bertz CT molecular complexity index is 678. The van der Waals surface area contributed by atoms with Gasteiger partial charge in [0.15, 0.2) is 6.10 Å². The lowest BCUT2D eigenvalue weighted by atomic mass is 9.89. The highest BCUT2D eigenvalue weighted by atomic mass is 19.1. The van der Waals surface area contributed by atoms with Crippen LogP contribution in [0, 0.1) is 5.82 Å². The van der Waals surface area contributed by atoms with Crippen LogP contribution in [0.15, 0.2) is 18.2 Å². The Balaban J connectivity index is 1.85. The van der Waals surface area contributed by atoms with Gasteiger partial charge in [-0.15, -0.1) is 0 Å². The van der Waals surface area contributed by atoms with E-state index in [1.807, 2.05) is 0 Å². The molecule has 23 heavy (non-hydrogen) atoms. The molecule has 1 aromatic carbocycles. The van der Waals surface area contributed by atoms with E-state index in [1.165, 1.54) is 23.1 Å². The molecule has 1 saturated heterocycles. The SMILES string of the molecule is O=C1CC(C(=O)N2CCOC(C(=O)O)C2)c2ccc(F)cc2N1. The number of carboxylic acids is 1. The van der Waals surface area contributed by atoms with Crippen LogP contribution in [0.5, 0.6) is 0 Å². The molecule has 2 unspecified atom stereocenters. The van der Waals surface area contributed by atoms with Gasteiger partial charge in [0.25, 0.3) is 0 Å². The molecule has 3 rings (SSSR count). The molecule has 8 heteroatoms. The third kappa shape index (κ3) is 3.02. The number of hydrogen-bond acceptors (Lipinski definition) is 4. The normalized spacial score (nSPS) is 23.9. The second-order valence-electron chi connectivity index (χ2n) is 5.52. The molecule has 0 aliphatic carbocycles. The largest absolute Gasteiger partial charge is 0.479 e. The number of morpholine rings is 1. The fourth-order valence-electron chi connectivity index (χ4n) is 2.88. The van der Waals surface area contributed by atoms with Crippen molar-refractivity contribution < 1.29 is 28.6 Å². The number of carbonyl (C=O) groups excluding carboxylic acids is 2. The van der Waals surface area contributed by atoms with Gasteiger partial charge < -0.3 is 20.1 Å². The number of aliphatic carboxylic acids is 1. The summed E-state index contributed by atoms with van der Waals surface area (Å²) >= 11 is 0. The third-order valence-electron chi connectivity index (χ3n) is 4.01. The number of nitrogens with zero attached hydrogens (tertiary/aromatic N) is 1. The number of hydrogen-bond donors (Lipinski definition) is 2. The number of carboxylic acid groups (broad SMARTS) is 1. The fourth-order valence-corrected chi connectivity index (χ4v) is 2.88. The Hall–Kier alpha value is -2.48. The van der Waals surface area contributed by atoms with Crippen molar-refractivity contribution in [3.8, 4) is 0 Å². The summed E-state index contributed by atoms with van der Waals surface area (Å²) in [4.78, 5) is 36.9. The van der Waals surface area contributed by atoms with Crippen molar-refractivity contribution in [2.24, 2.45) is 0 Å². The van der Waals surface area contributed by atoms with Gasteiger partial charge >= 0.3 is 5.97 Å². The van der Waals surface area contributed by atoms with Crippen LogP contribution in [0.2, 0.25) is 0 Å². The van der Waals surface area contributed by atoms with Crippen molar-refractivity contribution in [2.45, 2.75) is 18.4 Å². The molecule has 2 N–H and O–H groups in total. The van der Waals surface area contributed by atoms with E-state index in [0.717, 1.165) is 0 Å². The lowest BCUT2D eigenvalue weighted by Crippen LogP contribution is -2.50. The maximum atomic E-state index is 13.3. The minimum Gasteiger partial charge on any atom is -0.479 e. The maximum Gasteiger partial charge on any atom is 0.334 e. The number of anilines is 1. The van der Waals surface area contributed by atoms with Gasteiger partial charge in [-0.3, -0.25) is 9.59 Å². The van der Waals surface area contributed by atoms with Crippen LogP contribution in [0.25, 0.3) is 0 Å². The first kappa shape index (κ1) is 15.4. The molecule has 0 aromatic heterocycles. The van der Waals surface area contributed by atoms with Crippen molar-refractivity contribution >= 4 is 23.5 Å². The first-order chi connectivity index (χ1) is 11.0. The molecule has 1 aromatic rings. The Morgan fingerprint density at radius 1 is 1.39 bits per heavy atom. The Labute approximate surface area is 131 Å². The van der Waals surface area contributed by atoms with E-state index in [2.05, 4.69) is 5.32 Å². The Morgan fingerprint density at radius 2 is 2.17 bits per heavy atom. The van der Waals surface area contributed by atoms with Crippen LogP contribution in [0.4, 0.5) is 10.1 Å². The van der Waals surface area contributed by atoms with Crippen molar-refractivity contribution in [3.05, 3.63) is 29.6 Å². The molecule has 0 bridgehead atoms. The van der Waals surface area contributed by atoms with Gasteiger partial charge in [0.1, 0.15) is 5.82 Å². The fraction of sp³-hybridized carbons (Fsp3) is 0.400. The number of ether oxygens (including phenoxy) is 1.